The molecule has 0 saturated carbocycles. The first-order valence-electron chi connectivity index (χ1n) is 4.57. The van der Waals surface area contributed by atoms with Gasteiger partial charge in [0, 0.05) is 5.39 Å². The average molecular weight is 314 g/mol. The van der Waals surface area contributed by atoms with Crippen molar-refractivity contribution in [3.05, 3.63) is 33.9 Å². The smallest absolute Gasteiger partial charge is 0.132 e. The van der Waals surface area contributed by atoms with Crippen molar-refractivity contribution in [1.29, 1.82) is 0 Å². The van der Waals surface area contributed by atoms with E-state index in [0.29, 0.717) is 0 Å². The van der Waals surface area contributed by atoms with Gasteiger partial charge in [-0.2, -0.15) is 0 Å². The summed E-state index contributed by atoms with van der Waals surface area (Å²) in [6, 6.07) is 10.0. The van der Waals surface area contributed by atoms with Gasteiger partial charge in [0.05, 0.1) is 17.8 Å². The quantitative estimate of drug-likeness (QED) is 0.791. The maximum Gasteiger partial charge on any atom is 0.132 e. The molecular weight excluding hydrogens is 303 g/mol. The van der Waals surface area contributed by atoms with Gasteiger partial charge in [-0.15, -0.1) is 0 Å². The van der Waals surface area contributed by atoms with Crippen molar-refractivity contribution in [2.75, 3.05) is 14.2 Å². The van der Waals surface area contributed by atoms with Gasteiger partial charge in [0.1, 0.15) is 11.5 Å². The molecule has 2 aromatic carbocycles. The van der Waals surface area contributed by atoms with Crippen molar-refractivity contribution in [2.45, 2.75) is 0 Å². The lowest BCUT2D eigenvalue weighted by molar-refractivity contribution is 0.409. The second kappa shape index (κ2) is 4.26. The highest BCUT2D eigenvalue weighted by Crippen LogP contribution is 2.35. The molecule has 2 aromatic rings. The molecule has 15 heavy (non-hydrogen) atoms. The predicted octanol–water partition coefficient (Wildman–Crippen LogP) is 3.46. The summed E-state index contributed by atoms with van der Waals surface area (Å²) in [7, 11) is 3.36. The lowest BCUT2D eigenvalue weighted by Crippen LogP contribution is -1.91. The van der Waals surface area contributed by atoms with Gasteiger partial charge >= 0.3 is 0 Å². The number of ether oxygens (including phenoxy) is 2. The van der Waals surface area contributed by atoms with E-state index in [1.807, 2.05) is 24.3 Å². The molecule has 3 heteroatoms. The van der Waals surface area contributed by atoms with Crippen LogP contribution in [0.3, 0.4) is 0 Å². The number of benzene rings is 2. The predicted molar refractivity (Wildman–Crippen MR) is 69.8 cm³/mol. The van der Waals surface area contributed by atoms with Crippen LogP contribution in [-0.2, 0) is 0 Å². The molecule has 0 aliphatic carbocycles. The fraction of sp³-hybridized carbons (Fsp3) is 0.167. The standard InChI is InChI=1S/C12H11IO2/c1-14-9-5-3-4-8-6-7-10(15-2)12(13)11(8)9/h3-7H,1-2H3. The molecule has 0 amide bonds. The van der Waals surface area contributed by atoms with E-state index < -0.39 is 0 Å². The number of rotatable bonds is 2. The maximum atomic E-state index is 5.35. The highest BCUT2D eigenvalue weighted by Gasteiger charge is 2.09. The Hall–Kier alpha value is -0.970. The zero-order valence-electron chi connectivity index (χ0n) is 8.58. The normalized spacial score (nSPS) is 10.3. The first kappa shape index (κ1) is 10.5. The molecule has 0 saturated heterocycles. The lowest BCUT2D eigenvalue weighted by atomic mass is 10.1. The van der Waals surface area contributed by atoms with Crippen molar-refractivity contribution >= 4 is 33.4 Å². The topological polar surface area (TPSA) is 18.5 Å². The molecule has 0 unspecified atom stereocenters. The Kier molecular flexibility index (Phi) is 3.00. The van der Waals surface area contributed by atoms with Crippen LogP contribution in [-0.4, -0.2) is 14.2 Å². The molecule has 0 fully saturated rings. The van der Waals surface area contributed by atoms with Crippen molar-refractivity contribution < 1.29 is 9.47 Å². The molecule has 0 aliphatic heterocycles. The Morgan fingerprint density at radius 1 is 0.933 bits per heavy atom. The number of hydrogen-bond donors (Lipinski definition) is 0. The van der Waals surface area contributed by atoms with Crippen LogP contribution in [0.5, 0.6) is 11.5 Å². The van der Waals surface area contributed by atoms with Crippen LogP contribution in [0.4, 0.5) is 0 Å². The first-order valence-corrected chi connectivity index (χ1v) is 5.65. The van der Waals surface area contributed by atoms with Crippen LogP contribution < -0.4 is 9.47 Å². The molecule has 2 rings (SSSR count). The summed E-state index contributed by atoms with van der Waals surface area (Å²) in [6.45, 7) is 0. The Balaban J connectivity index is 2.82. The molecule has 0 aliphatic rings. The number of fused-ring (bicyclic) bond motifs is 1. The largest absolute Gasteiger partial charge is 0.496 e. The summed E-state index contributed by atoms with van der Waals surface area (Å²) in [5, 5.41) is 2.28. The minimum absolute atomic E-state index is 0.882. The molecule has 2 nitrogen and oxygen atoms in total. The SMILES string of the molecule is COc1ccc2cccc(OC)c2c1I. The molecule has 0 spiro atoms. The molecular formula is C12H11IO2. The number of halogens is 1. The van der Waals surface area contributed by atoms with E-state index >= 15 is 0 Å². The van der Waals surface area contributed by atoms with Gasteiger partial charge in [0.15, 0.2) is 0 Å². The minimum Gasteiger partial charge on any atom is -0.496 e. The minimum atomic E-state index is 0.882. The van der Waals surface area contributed by atoms with Crippen LogP contribution in [0.2, 0.25) is 0 Å². The van der Waals surface area contributed by atoms with E-state index in [9.17, 15) is 0 Å². The monoisotopic (exact) mass is 314 g/mol. The van der Waals surface area contributed by atoms with E-state index in [1.165, 1.54) is 5.39 Å². The van der Waals surface area contributed by atoms with Gasteiger partial charge in [-0.25, -0.2) is 0 Å². The number of hydrogen-bond acceptors (Lipinski definition) is 2. The summed E-state index contributed by atoms with van der Waals surface area (Å²) >= 11 is 2.28. The van der Waals surface area contributed by atoms with Crippen molar-refractivity contribution in [3.8, 4) is 11.5 Å². The summed E-state index contributed by atoms with van der Waals surface area (Å²) in [5.41, 5.74) is 0. The van der Waals surface area contributed by atoms with E-state index in [2.05, 4.69) is 28.7 Å². The number of methoxy groups -OCH3 is 2. The van der Waals surface area contributed by atoms with Gasteiger partial charge in [0.2, 0.25) is 0 Å². The van der Waals surface area contributed by atoms with Crippen molar-refractivity contribution in [1.82, 2.24) is 0 Å². The first-order chi connectivity index (χ1) is 7.27. The zero-order valence-corrected chi connectivity index (χ0v) is 10.7. The van der Waals surface area contributed by atoms with Crippen LogP contribution >= 0.6 is 22.6 Å². The molecule has 0 aromatic heterocycles. The molecule has 0 heterocycles. The van der Waals surface area contributed by atoms with Crippen molar-refractivity contribution in [3.63, 3.8) is 0 Å². The average Bonchev–Trinajstić information content (AvgIpc) is 2.29. The Bertz CT molecular complexity index is 494. The summed E-state index contributed by atoms with van der Waals surface area (Å²) in [5.74, 6) is 1.77. The van der Waals surface area contributed by atoms with Crippen LogP contribution in [0.1, 0.15) is 0 Å². The van der Waals surface area contributed by atoms with Crippen LogP contribution in [0.25, 0.3) is 10.8 Å². The van der Waals surface area contributed by atoms with Gasteiger partial charge in [0.25, 0.3) is 0 Å². The molecule has 78 valence electrons. The highest BCUT2D eigenvalue weighted by molar-refractivity contribution is 14.1. The third-order valence-corrected chi connectivity index (χ3v) is 3.42. The Morgan fingerprint density at radius 3 is 2.33 bits per heavy atom. The Morgan fingerprint density at radius 2 is 1.67 bits per heavy atom. The Labute approximate surface area is 102 Å². The molecule has 0 bridgehead atoms. The lowest BCUT2D eigenvalue weighted by Gasteiger charge is -2.10. The fourth-order valence-corrected chi connectivity index (χ4v) is 2.59. The third-order valence-electron chi connectivity index (χ3n) is 2.35. The summed E-state index contributed by atoms with van der Waals surface area (Å²) in [6.07, 6.45) is 0. The van der Waals surface area contributed by atoms with Gasteiger partial charge < -0.3 is 9.47 Å². The third kappa shape index (κ3) is 1.76. The molecule has 0 atom stereocenters. The van der Waals surface area contributed by atoms with Crippen LogP contribution in [0.15, 0.2) is 30.3 Å². The second-order valence-electron chi connectivity index (χ2n) is 3.14. The van der Waals surface area contributed by atoms with E-state index in [1.54, 1.807) is 14.2 Å². The van der Waals surface area contributed by atoms with Gasteiger partial charge in [-0.1, -0.05) is 18.2 Å². The zero-order chi connectivity index (χ0) is 10.8. The van der Waals surface area contributed by atoms with Gasteiger partial charge in [-0.3, -0.25) is 0 Å². The molecule has 0 radical (unpaired) electrons. The fourth-order valence-electron chi connectivity index (χ4n) is 1.61. The maximum absolute atomic E-state index is 5.35. The van der Waals surface area contributed by atoms with E-state index in [0.717, 1.165) is 20.5 Å². The van der Waals surface area contributed by atoms with E-state index in [-0.39, 0.29) is 0 Å². The summed E-state index contributed by atoms with van der Waals surface area (Å²) in [4.78, 5) is 0. The van der Waals surface area contributed by atoms with Crippen LogP contribution in [0, 0.1) is 3.57 Å². The highest BCUT2D eigenvalue weighted by atomic mass is 127. The molecule has 0 N–H and O–H groups in total. The second-order valence-corrected chi connectivity index (χ2v) is 4.22. The van der Waals surface area contributed by atoms with E-state index in [4.69, 9.17) is 9.47 Å². The van der Waals surface area contributed by atoms with Crippen molar-refractivity contribution in [2.24, 2.45) is 0 Å². The summed E-state index contributed by atoms with van der Waals surface area (Å²) < 4.78 is 11.7. The van der Waals surface area contributed by atoms with Gasteiger partial charge in [-0.05, 0) is 40.1 Å².